The van der Waals surface area contributed by atoms with E-state index in [1.807, 2.05) is 24.4 Å². The highest BCUT2D eigenvalue weighted by molar-refractivity contribution is 14.1. The molecule has 0 radical (unpaired) electrons. The minimum atomic E-state index is -0.125. The van der Waals surface area contributed by atoms with Gasteiger partial charge in [0.05, 0.1) is 21.3 Å². The number of halogens is 2. The molecule has 0 bridgehead atoms. The van der Waals surface area contributed by atoms with Crippen molar-refractivity contribution >= 4 is 56.6 Å². The Morgan fingerprint density at radius 1 is 1.32 bits per heavy atom. The molecule has 8 heteroatoms. The van der Waals surface area contributed by atoms with Gasteiger partial charge in [0.1, 0.15) is 0 Å². The number of nitrogens with one attached hydrogen (secondary N) is 1. The van der Waals surface area contributed by atoms with Crippen LogP contribution in [0.1, 0.15) is 18.2 Å². The molecule has 5 nitrogen and oxygen atoms in total. The number of thiazole rings is 1. The highest BCUT2D eigenvalue weighted by Crippen LogP contribution is 2.39. The minimum Gasteiger partial charge on any atom is -0.302 e. The molecule has 3 aromatic rings. The summed E-state index contributed by atoms with van der Waals surface area (Å²) >= 11 is 10.0. The molecule has 0 saturated carbocycles. The van der Waals surface area contributed by atoms with Gasteiger partial charge in [0.15, 0.2) is 11.0 Å². The molecule has 126 valence electrons. The van der Waals surface area contributed by atoms with Crippen molar-refractivity contribution in [2.75, 3.05) is 5.32 Å². The Balaban J connectivity index is 1.82. The van der Waals surface area contributed by atoms with E-state index in [4.69, 9.17) is 16.6 Å². The number of aryl methyl sites for hydroxylation is 2. The lowest BCUT2D eigenvalue weighted by molar-refractivity contribution is -0.114. The van der Waals surface area contributed by atoms with Crippen LogP contribution in [0.4, 0.5) is 5.13 Å². The van der Waals surface area contributed by atoms with Gasteiger partial charge in [-0.25, -0.2) is 15.0 Å². The molecule has 0 fully saturated rings. The van der Waals surface area contributed by atoms with E-state index in [1.54, 1.807) is 0 Å². The number of hydrogen-bond donors (Lipinski definition) is 1. The summed E-state index contributed by atoms with van der Waals surface area (Å²) in [5.41, 5.74) is 3.76. The molecule has 25 heavy (non-hydrogen) atoms. The lowest BCUT2D eigenvalue weighted by Crippen LogP contribution is -2.07. The summed E-state index contributed by atoms with van der Waals surface area (Å²) in [7, 11) is 0. The van der Waals surface area contributed by atoms with Crippen molar-refractivity contribution in [2.45, 2.75) is 19.8 Å². The average Bonchev–Trinajstić information content (AvgIpc) is 2.98. The molecular weight excluding hydrogens is 471 g/mol. The Morgan fingerprint density at radius 2 is 2.16 bits per heavy atom. The molecule has 1 amide bonds. The van der Waals surface area contributed by atoms with Gasteiger partial charge in [-0.3, -0.25) is 4.79 Å². The number of carbonyl (C=O) groups excluding carboxylic acids is 1. The standard InChI is InChI=1S/C17H12ClIN4OS/c1-8(24)21-17-22-13-5-2-9-7-20-16(23-14(9)15(13)25-17)11-6-10(19)3-4-12(11)18/h3-4,6-7H,2,5H2,1H3,(H,21,22,24). The van der Waals surface area contributed by atoms with Crippen molar-refractivity contribution < 1.29 is 4.79 Å². The predicted octanol–water partition coefficient (Wildman–Crippen LogP) is 4.58. The van der Waals surface area contributed by atoms with Gasteiger partial charge in [0.2, 0.25) is 5.91 Å². The minimum absolute atomic E-state index is 0.125. The quantitative estimate of drug-likeness (QED) is 0.543. The zero-order valence-electron chi connectivity index (χ0n) is 13.1. The largest absolute Gasteiger partial charge is 0.302 e. The van der Waals surface area contributed by atoms with Crippen LogP contribution in [0.2, 0.25) is 5.02 Å². The van der Waals surface area contributed by atoms with E-state index in [1.165, 1.54) is 18.3 Å². The smallest absolute Gasteiger partial charge is 0.223 e. The molecule has 2 heterocycles. The van der Waals surface area contributed by atoms with Crippen molar-refractivity contribution in [3.05, 3.63) is 44.2 Å². The predicted molar refractivity (Wildman–Crippen MR) is 108 cm³/mol. The molecule has 2 aromatic heterocycles. The highest BCUT2D eigenvalue weighted by atomic mass is 127. The Hall–Kier alpha value is -1.58. The summed E-state index contributed by atoms with van der Waals surface area (Å²) in [4.78, 5) is 26.1. The summed E-state index contributed by atoms with van der Waals surface area (Å²) in [5.74, 6) is 0.477. The van der Waals surface area contributed by atoms with Gasteiger partial charge in [0, 0.05) is 22.3 Å². The number of aromatic nitrogens is 3. The Labute approximate surface area is 167 Å². The third-order valence-electron chi connectivity index (χ3n) is 3.86. The highest BCUT2D eigenvalue weighted by Gasteiger charge is 2.24. The van der Waals surface area contributed by atoms with Crippen LogP contribution in [0, 0.1) is 3.57 Å². The molecule has 0 atom stereocenters. The number of amides is 1. The van der Waals surface area contributed by atoms with Crippen molar-refractivity contribution in [2.24, 2.45) is 0 Å². The Bertz CT molecular complexity index is 1000. The first-order valence-electron chi connectivity index (χ1n) is 7.60. The fourth-order valence-electron chi connectivity index (χ4n) is 2.75. The van der Waals surface area contributed by atoms with Crippen molar-refractivity contribution in [3.8, 4) is 22.0 Å². The second-order valence-electron chi connectivity index (χ2n) is 5.67. The third kappa shape index (κ3) is 3.28. The maximum atomic E-state index is 11.3. The second-order valence-corrected chi connectivity index (χ2v) is 8.32. The molecule has 1 aromatic carbocycles. The van der Waals surface area contributed by atoms with E-state index < -0.39 is 0 Å². The number of anilines is 1. The SMILES string of the molecule is CC(=O)Nc1nc2c(s1)-c1nc(-c3cc(I)ccc3Cl)ncc1CC2. The maximum Gasteiger partial charge on any atom is 0.223 e. The lowest BCUT2D eigenvalue weighted by atomic mass is 9.99. The van der Waals surface area contributed by atoms with E-state index in [0.717, 1.165) is 43.8 Å². The van der Waals surface area contributed by atoms with Crippen molar-refractivity contribution in [1.29, 1.82) is 0 Å². The molecule has 1 aliphatic carbocycles. The number of rotatable bonds is 2. The molecule has 1 aliphatic rings. The van der Waals surface area contributed by atoms with Crippen LogP contribution < -0.4 is 5.32 Å². The van der Waals surface area contributed by atoms with Crippen LogP contribution in [0.3, 0.4) is 0 Å². The molecule has 0 aliphatic heterocycles. The van der Waals surface area contributed by atoms with Crippen LogP contribution in [0.25, 0.3) is 22.0 Å². The van der Waals surface area contributed by atoms with Gasteiger partial charge < -0.3 is 5.32 Å². The molecule has 0 saturated heterocycles. The zero-order chi connectivity index (χ0) is 17.6. The zero-order valence-corrected chi connectivity index (χ0v) is 16.9. The van der Waals surface area contributed by atoms with Gasteiger partial charge in [-0.2, -0.15) is 0 Å². The van der Waals surface area contributed by atoms with Gasteiger partial charge >= 0.3 is 0 Å². The van der Waals surface area contributed by atoms with E-state index >= 15 is 0 Å². The summed E-state index contributed by atoms with van der Waals surface area (Å²) in [6.45, 7) is 1.48. The van der Waals surface area contributed by atoms with Crippen LogP contribution in [-0.4, -0.2) is 20.9 Å². The van der Waals surface area contributed by atoms with Gasteiger partial charge in [-0.05, 0) is 59.2 Å². The van der Waals surface area contributed by atoms with E-state index in [0.29, 0.717) is 16.0 Å². The van der Waals surface area contributed by atoms with Gasteiger partial charge in [-0.1, -0.05) is 22.9 Å². The van der Waals surface area contributed by atoms with Crippen LogP contribution in [0.5, 0.6) is 0 Å². The molecular formula is C17H12ClIN4OS. The van der Waals surface area contributed by atoms with Crippen molar-refractivity contribution in [3.63, 3.8) is 0 Å². The summed E-state index contributed by atoms with van der Waals surface area (Å²) < 4.78 is 1.07. The fourth-order valence-corrected chi connectivity index (χ4v) is 4.52. The van der Waals surface area contributed by atoms with Gasteiger partial charge in [0.25, 0.3) is 0 Å². The van der Waals surface area contributed by atoms with E-state index in [-0.39, 0.29) is 5.91 Å². The topological polar surface area (TPSA) is 67.8 Å². The lowest BCUT2D eigenvalue weighted by Gasteiger charge is -2.14. The molecule has 4 rings (SSSR count). The average molecular weight is 483 g/mol. The number of nitrogens with zero attached hydrogens (tertiary/aromatic N) is 3. The van der Waals surface area contributed by atoms with Crippen LogP contribution in [0.15, 0.2) is 24.4 Å². The van der Waals surface area contributed by atoms with Crippen LogP contribution in [-0.2, 0) is 17.6 Å². The van der Waals surface area contributed by atoms with Crippen LogP contribution >= 0.6 is 45.5 Å². The summed E-state index contributed by atoms with van der Waals surface area (Å²) in [6.07, 6.45) is 3.53. The molecule has 0 unspecified atom stereocenters. The monoisotopic (exact) mass is 482 g/mol. The maximum absolute atomic E-state index is 11.3. The second kappa shape index (κ2) is 6.62. The number of benzene rings is 1. The van der Waals surface area contributed by atoms with E-state index in [2.05, 4.69) is 37.9 Å². The Kier molecular flexibility index (Phi) is 4.47. The van der Waals surface area contributed by atoms with Crippen molar-refractivity contribution in [1.82, 2.24) is 15.0 Å². The van der Waals surface area contributed by atoms with E-state index in [9.17, 15) is 4.79 Å². The molecule has 1 N–H and O–H groups in total. The normalized spacial score (nSPS) is 12.4. The first kappa shape index (κ1) is 16.9. The first-order valence-corrected chi connectivity index (χ1v) is 9.87. The summed E-state index contributed by atoms with van der Waals surface area (Å²) in [5, 5.41) is 3.99. The van der Waals surface area contributed by atoms with Gasteiger partial charge in [-0.15, -0.1) is 0 Å². The number of hydrogen-bond acceptors (Lipinski definition) is 5. The fraction of sp³-hybridized carbons (Fsp3) is 0.176. The molecule has 0 spiro atoms. The summed E-state index contributed by atoms with van der Waals surface area (Å²) in [6, 6.07) is 5.78. The third-order valence-corrected chi connectivity index (χ3v) is 5.88. The number of fused-ring (bicyclic) bond motifs is 3. The first-order chi connectivity index (χ1) is 12.0. The Morgan fingerprint density at radius 3 is 2.96 bits per heavy atom. The number of carbonyl (C=O) groups is 1.